The maximum atomic E-state index is 12.0. The van der Waals surface area contributed by atoms with Gasteiger partial charge in [0.05, 0.1) is 18.4 Å². The van der Waals surface area contributed by atoms with E-state index in [4.69, 9.17) is 10.2 Å². The van der Waals surface area contributed by atoms with Gasteiger partial charge in [-0.3, -0.25) is 9.59 Å². The molecular formula is C13H23NO4. The molecule has 0 spiro atoms. The van der Waals surface area contributed by atoms with E-state index in [0.717, 1.165) is 25.7 Å². The topological polar surface area (TPSA) is 77.8 Å². The second kappa shape index (κ2) is 7.36. The summed E-state index contributed by atoms with van der Waals surface area (Å²) in [6.07, 6.45) is 4.72. The molecule has 1 rings (SSSR count). The predicted molar refractivity (Wildman–Crippen MR) is 67.0 cm³/mol. The number of aliphatic carboxylic acids is 1. The number of carbonyl (C=O) groups is 2. The molecule has 5 heteroatoms. The van der Waals surface area contributed by atoms with Gasteiger partial charge in [0.25, 0.3) is 0 Å². The Balaban J connectivity index is 2.36. The van der Waals surface area contributed by atoms with E-state index in [0.29, 0.717) is 19.5 Å². The number of aliphatic hydroxyl groups excluding tert-OH is 1. The summed E-state index contributed by atoms with van der Waals surface area (Å²) >= 11 is 0. The number of nitrogens with zero attached hydrogens (tertiary/aromatic N) is 1. The van der Waals surface area contributed by atoms with Crippen LogP contribution in [0.15, 0.2) is 0 Å². The predicted octanol–water partition coefficient (Wildman–Crippen LogP) is 1.11. The van der Waals surface area contributed by atoms with Gasteiger partial charge in [0.2, 0.25) is 5.91 Å². The smallest absolute Gasteiger partial charge is 0.307 e. The Kier molecular flexibility index (Phi) is 6.12. The minimum absolute atomic E-state index is 0.0655. The molecule has 0 aromatic carbocycles. The first kappa shape index (κ1) is 15.0. The Labute approximate surface area is 108 Å². The van der Waals surface area contributed by atoms with Crippen LogP contribution in [-0.2, 0) is 9.59 Å². The van der Waals surface area contributed by atoms with Crippen molar-refractivity contribution < 1.29 is 19.8 Å². The van der Waals surface area contributed by atoms with Crippen LogP contribution in [0.3, 0.4) is 0 Å². The van der Waals surface area contributed by atoms with Crippen molar-refractivity contribution in [2.45, 2.75) is 39.0 Å². The standard InChI is InChI=1S/C13H23NO4/c1-2-3-4-5-6-14(7-8-15)12(16)10-9-11(10)13(17)18/h10-11,15H,2-9H2,1H3,(H,17,18). The number of carboxylic acids is 1. The van der Waals surface area contributed by atoms with E-state index in [1.54, 1.807) is 4.90 Å². The van der Waals surface area contributed by atoms with Gasteiger partial charge >= 0.3 is 5.97 Å². The second-order valence-electron chi connectivity index (χ2n) is 4.90. The minimum atomic E-state index is -0.886. The van der Waals surface area contributed by atoms with Crippen molar-refractivity contribution in [1.82, 2.24) is 4.90 Å². The highest BCUT2D eigenvalue weighted by Gasteiger charge is 2.49. The van der Waals surface area contributed by atoms with Crippen molar-refractivity contribution in [3.8, 4) is 0 Å². The zero-order chi connectivity index (χ0) is 13.5. The summed E-state index contributed by atoms with van der Waals surface area (Å²) in [7, 11) is 0. The quantitative estimate of drug-likeness (QED) is 0.606. The molecule has 0 aliphatic heterocycles. The van der Waals surface area contributed by atoms with Crippen molar-refractivity contribution in [1.29, 1.82) is 0 Å². The molecule has 5 nitrogen and oxygen atoms in total. The van der Waals surface area contributed by atoms with Gasteiger partial charge < -0.3 is 15.1 Å². The van der Waals surface area contributed by atoms with E-state index < -0.39 is 11.9 Å². The number of carbonyl (C=O) groups excluding carboxylic acids is 1. The molecule has 2 unspecified atom stereocenters. The number of rotatable bonds is 9. The zero-order valence-electron chi connectivity index (χ0n) is 11.0. The maximum Gasteiger partial charge on any atom is 0.307 e. The molecule has 1 saturated carbocycles. The lowest BCUT2D eigenvalue weighted by Crippen LogP contribution is -2.36. The van der Waals surface area contributed by atoms with Crippen LogP contribution < -0.4 is 0 Å². The van der Waals surface area contributed by atoms with Gasteiger partial charge in [-0.15, -0.1) is 0 Å². The fraction of sp³-hybridized carbons (Fsp3) is 0.846. The van der Waals surface area contributed by atoms with Crippen molar-refractivity contribution in [3.63, 3.8) is 0 Å². The lowest BCUT2D eigenvalue weighted by Gasteiger charge is -2.21. The van der Waals surface area contributed by atoms with Crippen molar-refractivity contribution in [2.75, 3.05) is 19.7 Å². The average Bonchev–Trinajstić information content (AvgIpc) is 3.12. The molecule has 0 radical (unpaired) electrons. The molecule has 1 aliphatic rings. The van der Waals surface area contributed by atoms with Crippen molar-refractivity contribution >= 4 is 11.9 Å². The van der Waals surface area contributed by atoms with E-state index in [1.165, 1.54) is 0 Å². The minimum Gasteiger partial charge on any atom is -0.481 e. The number of amides is 1. The summed E-state index contributed by atoms with van der Waals surface area (Å²) in [5.74, 6) is -1.86. The molecule has 2 atom stereocenters. The molecule has 1 fully saturated rings. The fourth-order valence-corrected chi connectivity index (χ4v) is 2.16. The van der Waals surface area contributed by atoms with E-state index in [2.05, 4.69) is 6.92 Å². The maximum absolute atomic E-state index is 12.0. The Hall–Kier alpha value is -1.10. The lowest BCUT2D eigenvalue weighted by molar-refractivity contribution is -0.142. The normalized spacial score (nSPS) is 21.7. The Morgan fingerprint density at radius 3 is 2.39 bits per heavy atom. The van der Waals surface area contributed by atoms with Gasteiger partial charge in [0, 0.05) is 13.1 Å². The van der Waals surface area contributed by atoms with Crippen LogP contribution >= 0.6 is 0 Å². The van der Waals surface area contributed by atoms with Crippen molar-refractivity contribution in [2.24, 2.45) is 11.8 Å². The summed E-state index contributed by atoms with van der Waals surface area (Å²) in [6.45, 7) is 3.00. The van der Waals surface area contributed by atoms with Gasteiger partial charge in [-0.1, -0.05) is 26.2 Å². The average molecular weight is 257 g/mol. The number of hydrogen-bond donors (Lipinski definition) is 2. The van der Waals surface area contributed by atoms with Crippen LogP contribution in [-0.4, -0.2) is 46.7 Å². The monoisotopic (exact) mass is 257 g/mol. The number of hydrogen-bond acceptors (Lipinski definition) is 3. The SMILES string of the molecule is CCCCCCN(CCO)C(=O)C1CC1C(=O)O. The molecule has 1 amide bonds. The van der Waals surface area contributed by atoms with E-state index in [-0.39, 0.29) is 18.4 Å². The molecule has 1 aliphatic carbocycles. The van der Waals surface area contributed by atoms with Gasteiger partial charge in [0.15, 0.2) is 0 Å². The van der Waals surface area contributed by atoms with Gasteiger partial charge in [-0.25, -0.2) is 0 Å². The Bertz CT molecular complexity index is 293. The van der Waals surface area contributed by atoms with Crippen LogP contribution in [0, 0.1) is 11.8 Å². The summed E-state index contributed by atoms with van der Waals surface area (Å²) < 4.78 is 0. The highest BCUT2D eigenvalue weighted by molar-refractivity contribution is 5.89. The Morgan fingerprint density at radius 1 is 1.17 bits per heavy atom. The first-order chi connectivity index (χ1) is 8.61. The second-order valence-corrected chi connectivity index (χ2v) is 4.90. The van der Waals surface area contributed by atoms with Gasteiger partial charge in [-0.2, -0.15) is 0 Å². The van der Waals surface area contributed by atoms with Crippen LogP contribution in [0.5, 0.6) is 0 Å². The summed E-state index contributed by atoms with van der Waals surface area (Å²) in [6, 6.07) is 0. The molecule has 0 aromatic rings. The van der Waals surface area contributed by atoms with Crippen LogP contribution in [0.1, 0.15) is 39.0 Å². The molecular weight excluding hydrogens is 234 g/mol. The van der Waals surface area contributed by atoms with Crippen molar-refractivity contribution in [3.05, 3.63) is 0 Å². The fourth-order valence-electron chi connectivity index (χ4n) is 2.16. The largest absolute Gasteiger partial charge is 0.481 e. The summed E-state index contributed by atoms with van der Waals surface area (Å²) in [4.78, 5) is 24.4. The van der Waals surface area contributed by atoms with Crippen LogP contribution in [0.25, 0.3) is 0 Å². The first-order valence-electron chi connectivity index (χ1n) is 6.74. The highest BCUT2D eigenvalue weighted by Crippen LogP contribution is 2.40. The van der Waals surface area contributed by atoms with Crippen LogP contribution in [0.2, 0.25) is 0 Å². The molecule has 0 aromatic heterocycles. The van der Waals surface area contributed by atoms with Crippen LogP contribution in [0.4, 0.5) is 0 Å². The third kappa shape index (κ3) is 4.29. The Morgan fingerprint density at radius 2 is 1.89 bits per heavy atom. The zero-order valence-corrected chi connectivity index (χ0v) is 11.0. The highest BCUT2D eigenvalue weighted by atomic mass is 16.4. The molecule has 104 valence electrons. The molecule has 0 heterocycles. The third-order valence-corrected chi connectivity index (χ3v) is 3.39. The first-order valence-corrected chi connectivity index (χ1v) is 6.74. The van der Waals surface area contributed by atoms with Gasteiger partial charge in [-0.05, 0) is 12.8 Å². The summed E-state index contributed by atoms with van der Waals surface area (Å²) in [5.41, 5.74) is 0. The van der Waals surface area contributed by atoms with E-state index >= 15 is 0 Å². The molecule has 2 N–H and O–H groups in total. The molecule has 18 heavy (non-hydrogen) atoms. The lowest BCUT2D eigenvalue weighted by atomic mass is 10.2. The molecule has 0 bridgehead atoms. The van der Waals surface area contributed by atoms with Gasteiger partial charge in [0.1, 0.15) is 0 Å². The molecule has 0 saturated heterocycles. The van der Waals surface area contributed by atoms with E-state index in [1.807, 2.05) is 0 Å². The number of aliphatic hydroxyl groups is 1. The third-order valence-electron chi connectivity index (χ3n) is 3.39. The number of unbranched alkanes of at least 4 members (excludes halogenated alkanes) is 3. The number of carboxylic acid groups (broad SMARTS) is 1. The summed E-state index contributed by atoms with van der Waals surface area (Å²) in [5, 5.41) is 17.8. The van der Waals surface area contributed by atoms with E-state index in [9.17, 15) is 9.59 Å².